The molecule has 7 rings (SSSR count). The maximum Gasteiger partial charge on any atom is 0.0386 e. The Morgan fingerprint density at radius 2 is 0.302 bits per heavy atom. The molecular formula is C90H138N6. The summed E-state index contributed by atoms with van der Waals surface area (Å²) in [5.41, 5.74) is 9.66. The van der Waals surface area contributed by atoms with E-state index in [1.54, 1.807) is 33.4 Å². The maximum atomic E-state index is 2.52. The van der Waals surface area contributed by atoms with Gasteiger partial charge in [-0.15, -0.1) is 0 Å². The van der Waals surface area contributed by atoms with E-state index in [1.165, 1.54) is 231 Å². The van der Waals surface area contributed by atoms with E-state index in [1.807, 2.05) is 0 Å². The van der Waals surface area contributed by atoms with Gasteiger partial charge in [0.25, 0.3) is 0 Å². The standard InChI is InChI=1S/C90H138N6/c1-7-19-31-43-67-91-73-50-62-86(80-91)56-38-26-14-3-9-21-33-45-69-93-75-52-64-88(82-93)58-40-28-16-5-11-23-35-47-71-95-77-54-66-90(84-95)60-42-30-18-6-12-24-36-48-72-96-78-53-65-89(83-96)59-41-29-17-4-10-22-34-46-70-94-76-51-63-87(81-94)57-39-27-15-2-8-20-32-44-68-92-74-49-61-85(79-92)55-37-25-13-1/h19-24,31-36,49-54,61-66,73-78H,1-18,25-30,37-48,55-60,67-72,79-84H2. The summed E-state index contributed by atoms with van der Waals surface area (Å²) in [4.78, 5) is 15.1. The van der Waals surface area contributed by atoms with Gasteiger partial charge in [-0.3, -0.25) is 0 Å². The van der Waals surface area contributed by atoms with Crippen LogP contribution in [0.1, 0.15) is 270 Å². The Kier molecular flexibility index (Phi) is 42.9. The molecule has 7 heterocycles. The van der Waals surface area contributed by atoms with Crippen molar-refractivity contribution < 1.29 is 0 Å². The molecule has 0 radical (unpaired) electrons. The lowest BCUT2D eigenvalue weighted by molar-refractivity contribution is 0.401. The molecule has 0 spiro atoms. The molecule has 6 nitrogen and oxygen atoms in total. The Balaban J connectivity index is 0.716. The molecule has 0 amide bonds. The zero-order valence-corrected chi connectivity index (χ0v) is 61.2. The Morgan fingerprint density at radius 1 is 0.156 bits per heavy atom. The van der Waals surface area contributed by atoms with E-state index < -0.39 is 0 Å². The van der Waals surface area contributed by atoms with Crippen LogP contribution in [0.2, 0.25) is 0 Å². The van der Waals surface area contributed by atoms with Crippen LogP contribution in [0.15, 0.2) is 216 Å². The Morgan fingerprint density at radius 3 is 0.469 bits per heavy atom. The van der Waals surface area contributed by atoms with Crippen LogP contribution < -0.4 is 0 Å². The zero-order chi connectivity index (χ0) is 66.3. The van der Waals surface area contributed by atoms with Gasteiger partial charge >= 0.3 is 0 Å². The van der Waals surface area contributed by atoms with Gasteiger partial charge < -0.3 is 29.4 Å². The SMILES string of the molecule is C1=CN2CCC=CCCCCCCC3=CC=CN(CCC=CCCCCCCC4=CC=CN(CCC=CCCCCCCC5=CC=CN(CCC=CCCCCCCC6=CC=CN(CCC=CCCCCCCC7=CC=CN(CCC=CCCCCCCC(=C1)C2)C7)C6)C5)C4)C3. The lowest BCUT2D eigenvalue weighted by atomic mass is 10.0. The first-order chi connectivity index (χ1) is 47.7. The third-order valence-electron chi connectivity index (χ3n) is 20.4. The van der Waals surface area contributed by atoms with Crippen LogP contribution in [0, 0.1) is 0 Å². The molecule has 12 bridgehead atoms. The second-order valence-electron chi connectivity index (χ2n) is 29.1. The molecule has 0 atom stereocenters. The maximum absolute atomic E-state index is 2.52. The van der Waals surface area contributed by atoms with Crippen LogP contribution in [0.3, 0.4) is 0 Å². The molecule has 0 saturated carbocycles. The van der Waals surface area contributed by atoms with Crippen molar-refractivity contribution in [2.45, 2.75) is 270 Å². The second-order valence-corrected chi connectivity index (χ2v) is 29.1. The monoisotopic (exact) mass is 1300 g/mol. The summed E-state index contributed by atoms with van der Waals surface area (Å²) < 4.78 is 0. The summed E-state index contributed by atoms with van der Waals surface area (Å²) in [5.74, 6) is 0. The highest BCUT2D eigenvalue weighted by Crippen LogP contribution is 2.24. The Hall–Kier alpha value is -5.88. The van der Waals surface area contributed by atoms with E-state index in [0.29, 0.717) is 0 Å². The molecule has 0 aromatic rings. The predicted octanol–water partition coefficient (Wildman–Crippen LogP) is 24.3. The fourth-order valence-corrected chi connectivity index (χ4v) is 14.6. The molecule has 0 unspecified atom stereocenters. The molecule has 528 valence electrons. The predicted molar refractivity (Wildman–Crippen MR) is 422 cm³/mol. The van der Waals surface area contributed by atoms with Crippen molar-refractivity contribution in [3.8, 4) is 0 Å². The quantitative estimate of drug-likeness (QED) is 0.224. The van der Waals surface area contributed by atoms with Crippen molar-refractivity contribution in [2.75, 3.05) is 78.5 Å². The van der Waals surface area contributed by atoms with Crippen LogP contribution in [0.5, 0.6) is 0 Å². The number of fused-ring (bicyclic) bond motifs is 12. The van der Waals surface area contributed by atoms with Crippen LogP contribution in [-0.2, 0) is 0 Å². The molecule has 0 aromatic carbocycles. The molecule has 7 aliphatic rings. The zero-order valence-electron chi connectivity index (χ0n) is 61.2. The largest absolute Gasteiger partial charge is 0.373 e. The highest BCUT2D eigenvalue weighted by molar-refractivity contribution is 5.23. The van der Waals surface area contributed by atoms with Gasteiger partial charge in [0.15, 0.2) is 0 Å². The van der Waals surface area contributed by atoms with E-state index in [4.69, 9.17) is 0 Å². The first kappa shape index (κ1) is 77.5. The van der Waals surface area contributed by atoms with Crippen molar-refractivity contribution in [3.63, 3.8) is 0 Å². The van der Waals surface area contributed by atoms with Gasteiger partial charge in [0, 0.05) is 78.5 Å². The third kappa shape index (κ3) is 38.3. The van der Waals surface area contributed by atoms with Gasteiger partial charge in [0.1, 0.15) is 0 Å². The Labute approximate surface area is 590 Å². The smallest absolute Gasteiger partial charge is 0.0386 e. The topological polar surface area (TPSA) is 19.4 Å². The van der Waals surface area contributed by atoms with Crippen molar-refractivity contribution in [2.24, 2.45) is 0 Å². The molecule has 0 aromatic heterocycles. The minimum absolute atomic E-state index is 1.11. The average Bonchev–Trinajstić information content (AvgIpc) is 3.49. The van der Waals surface area contributed by atoms with Crippen molar-refractivity contribution in [1.29, 1.82) is 0 Å². The van der Waals surface area contributed by atoms with Gasteiger partial charge in [0.05, 0.1) is 0 Å². The minimum atomic E-state index is 1.11. The first-order valence-electron chi connectivity index (χ1n) is 40.2. The van der Waals surface area contributed by atoms with Gasteiger partial charge in [0.2, 0.25) is 0 Å². The number of allylic oxidation sites excluding steroid dienone is 18. The molecule has 0 N–H and O–H groups in total. The number of hydrogen-bond acceptors (Lipinski definition) is 6. The van der Waals surface area contributed by atoms with Gasteiger partial charge in [-0.05, 0) is 266 Å². The van der Waals surface area contributed by atoms with E-state index in [9.17, 15) is 0 Å². The minimum Gasteiger partial charge on any atom is -0.373 e. The van der Waals surface area contributed by atoms with E-state index in [-0.39, 0.29) is 0 Å². The number of rotatable bonds is 0. The lowest BCUT2D eigenvalue weighted by Gasteiger charge is -2.24. The average molecular weight is 1300 g/mol. The Bertz CT molecular complexity index is 2180. The summed E-state index contributed by atoms with van der Waals surface area (Å²) in [6.45, 7) is 13.4. The molecule has 96 heavy (non-hydrogen) atoms. The fourth-order valence-electron chi connectivity index (χ4n) is 14.6. The summed E-state index contributed by atoms with van der Waals surface area (Å²) in [6.07, 6.45) is 125. The van der Waals surface area contributed by atoms with Gasteiger partial charge in [-0.2, -0.15) is 0 Å². The van der Waals surface area contributed by atoms with Crippen LogP contribution >= 0.6 is 0 Å². The molecule has 0 fully saturated rings. The number of nitrogens with zero attached hydrogens (tertiary/aromatic N) is 6. The van der Waals surface area contributed by atoms with Crippen molar-refractivity contribution in [1.82, 2.24) is 29.4 Å². The summed E-state index contributed by atoms with van der Waals surface area (Å²) in [6, 6.07) is 0. The first-order valence-corrected chi connectivity index (χ1v) is 40.2. The normalized spacial score (nSPS) is 23.0. The molecule has 7 aliphatic heterocycles. The van der Waals surface area contributed by atoms with Crippen LogP contribution in [0.4, 0.5) is 0 Å². The highest BCUT2D eigenvalue weighted by Gasteiger charge is 2.13. The van der Waals surface area contributed by atoms with E-state index >= 15 is 0 Å². The third-order valence-corrected chi connectivity index (χ3v) is 20.4. The van der Waals surface area contributed by atoms with Gasteiger partial charge in [-0.1, -0.05) is 220 Å². The lowest BCUT2D eigenvalue weighted by Crippen LogP contribution is -2.23. The molecular weight excluding hydrogens is 1170 g/mol. The highest BCUT2D eigenvalue weighted by atomic mass is 15.1. The summed E-state index contributed by atoms with van der Waals surface area (Å²) in [5, 5.41) is 0. The van der Waals surface area contributed by atoms with E-state index in [2.05, 4.69) is 212 Å². The summed E-state index contributed by atoms with van der Waals surface area (Å²) in [7, 11) is 0. The molecule has 0 aliphatic carbocycles. The van der Waals surface area contributed by atoms with Crippen LogP contribution in [0.25, 0.3) is 0 Å². The van der Waals surface area contributed by atoms with Crippen LogP contribution in [-0.4, -0.2) is 108 Å². The summed E-state index contributed by atoms with van der Waals surface area (Å²) >= 11 is 0. The molecule has 6 heteroatoms. The molecule has 0 saturated heterocycles. The van der Waals surface area contributed by atoms with E-state index in [0.717, 1.165) is 117 Å². The second kappa shape index (κ2) is 53.1. The van der Waals surface area contributed by atoms with Crippen molar-refractivity contribution in [3.05, 3.63) is 216 Å². The van der Waals surface area contributed by atoms with Gasteiger partial charge in [-0.25, -0.2) is 0 Å². The number of hydrogen-bond donors (Lipinski definition) is 0. The fraction of sp³-hybridized carbons (Fsp3) is 0.600. The van der Waals surface area contributed by atoms with Crippen molar-refractivity contribution >= 4 is 0 Å².